The number of alkyl halides is 1. The summed E-state index contributed by atoms with van der Waals surface area (Å²) in [6.45, 7) is 2.54. The van der Waals surface area contributed by atoms with Crippen molar-refractivity contribution in [2.45, 2.75) is 12.8 Å². The van der Waals surface area contributed by atoms with Crippen LogP contribution in [0.25, 0.3) is 0 Å². The van der Waals surface area contributed by atoms with Crippen molar-refractivity contribution in [3.8, 4) is 5.75 Å². The Labute approximate surface area is 82.2 Å². The van der Waals surface area contributed by atoms with E-state index in [1.807, 2.05) is 19.1 Å². The molecule has 1 aromatic rings. The van der Waals surface area contributed by atoms with Crippen molar-refractivity contribution in [3.05, 3.63) is 28.8 Å². The van der Waals surface area contributed by atoms with Gasteiger partial charge in [-0.1, -0.05) is 17.7 Å². The molecule has 0 aromatic heterocycles. The molecular formula is C9H10Cl2O. The number of benzene rings is 1. The molecule has 66 valence electrons. The summed E-state index contributed by atoms with van der Waals surface area (Å²) < 4.78 is 5.29. The SMILES string of the molecule is CCOc1cc(CCl)ccc1Cl. The quantitative estimate of drug-likeness (QED) is 0.686. The molecule has 0 radical (unpaired) electrons. The molecule has 0 fully saturated rings. The minimum absolute atomic E-state index is 0.483. The molecule has 0 aliphatic carbocycles. The Morgan fingerprint density at radius 2 is 2.17 bits per heavy atom. The van der Waals surface area contributed by atoms with Crippen LogP contribution in [0.3, 0.4) is 0 Å². The second-order valence-electron chi connectivity index (χ2n) is 2.33. The lowest BCUT2D eigenvalue weighted by Crippen LogP contribution is -1.92. The third kappa shape index (κ3) is 2.29. The molecule has 0 aliphatic rings. The van der Waals surface area contributed by atoms with Gasteiger partial charge < -0.3 is 4.74 Å². The lowest BCUT2D eigenvalue weighted by molar-refractivity contribution is 0.340. The van der Waals surface area contributed by atoms with Gasteiger partial charge in [0.05, 0.1) is 11.6 Å². The Morgan fingerprint density at radius 1 is 1.42 bits per heavy atom. The molecule has 0 spiro atoms. The molecule has 0 unspecified atom stereocenters. The van der Waals surface area contributed by atoms with E-state index >= 15 is 0 Å². The molecule has 0 saturated carbocycles. The molecule has 0 amide bonds. The summed E-state index contributed by atoms with van der Waals surface area (Å²) in [5.74, 6) is 1.19. The summed E-state index contributed by atoms with van der Waals surface area (Å²) in [6, 6.07) is 5.54. The Hall–Kier alpha value is -0.400. The second kappa shape index (κ2) is 4.58. The first kappa shape index (κ1) is 9.69. The van der Waals surface area contributed by atoms with Gasteiger partial charge in [0.2, 0.25) is 0 Å². The van der Waals surface area contributed by atoms with E-state index in [9.17, 15) is 0 Å². The zero-order valence-corrected chi connectivity index (χ0v) is 8.32. The molecule has 12 heavy (non-hydrogen) atoms. The van der Waals surface area contributed by atoms with Crippen LogP contribution in [0.1, 0.15) is 12.5 Å². The Balaban J connectivity index is 2.91. The third-order valence-corrected chi connectivity index (χ3v) is 2.07. The molecular weight excluding hydrogens is 195 g/mol. The van der Waals surface area contributed by atoms with Gasteiger partial charge in [0.15, 0.2) is 0 Å². The normalized spacial score (nSPS) is 9.92. The van der Waals surface area contributed by atoms with Crippen molar-refractivity contribution in [2.75, 3.05) is 6.61 Å². The fourth-order valence-corrected chi connectivity index (χ4v) is 1.24. The first-order chi connectivity index (χ1) is 5.77. The van der Waals surface area contributed by atoms with Gasteiger partial charge >= 0.3 is 0 Å². The highest BCUT2D eigenvalue weighted by Crippen LogP contribution is 2.25. The van der Waals surface area contributed by atoms with Crippen molar-refractivity contribution >= 4 is 23.2 Å². The van der Waals surface area contributed by atoms with Gasteiger partial charge in [0.25, 0.3) is 0 Å². The van der Waals surface area contributed by atoms with Gasteiger partial charge in [-0.3, -0.25) is 0 Å². The van der Waals surface area contributed by atoms with E-state index < -0.39 is 0 Å². The average molecular weight is 205 g/mol. The van der Waals surface area contributed by atoms with Crippen molar-refractivity contribution in [1.29, 1.82) is 0 Å². The van der Waals surface area contributed by atoms with E-state index in [1.54, 1.807) is 6.07 Å². The molecule has 0 bridgehead atoms. The Kier molecular flexibility index (Phi) is 3.70. The van der Waals surface area contributed by atoms with E-state index in [2.05, 4.69) is 0 Å². The van der Waals surface area contributed by atoms with Gasteiger partial charge in [-0.15, -0.1) is 11.6 Å². The molecule has 0 aliphatic heterocycles. The van der Waals surface area contributed by atoms with Crippen molar-refractivity contribution < 1.29 is 4.74 Å². The highest BCUT2D eigenvalue weighted by molar-refractivity contribution is 6.32. The van der Waals surface area contributed by atoms with Crippen molar-refractivity contribution in [2.24, 2.45) is 0 Å². The first-order valence-electron chi connectivity index (χ1n) is 3.75. The molecule has 1 nitrogen and oxygen atoms in total. The number of halogens is 2. The largest absolute Gasteiger partial charge is 0.492 e. The summed E-state index contributed by atoms with van der Waals surface area (Å²) >= 11 is 11.5. The topological polar surface area (TPSA) is 9.23 Å². The van der Waals surface area contributed by atoms with Gasteiger partial charge in [-0.25, -0.2) is 0 Å². The van der Waals surface area contributed by atoms with E-state index in [4.69, 9.17) is 27.9 Å². The maximum absolute atomic E-state index is 5.86. The van der Waals surface area contributed by atoms with Crippen LogP contribution in [0.5, 0.6) is 5.75 Å². The lowest BCUT2D eigenvalue weighted by Gasteiger charge is -2.06. The molecule has 0 heterocycles. The summed E-state index contributed by atoms with van der Waals surface area (Å²) in [7, 11) is 0. The number of hydrogen-bond acceptors (Lipinski definition) is 1. The van der Waals surface area contributed by atoms with Gasteiger partial charge in [0, 0.05) is 5.88 Å². The van der Waals surface area contributed by atoms with E-state index in [1.165, 1.54) is 0 Å². The van der Waals surface area contributed by atoms with Crippen LogP contribution in [-0.2, 0) is 5.88 Å². The molecule has 0 saturated heterocycles. The standard InChI is InChI=1S/C9H10Cl2O/c1-2-12-9-5-7(6-10)3-4-8(9)11/h3-5H,2,6H2,1H3. The number of hydrogen-bond donors (Lipinski definition) is 0. The van der Waals surface area contributed by atoms with E-state index in [0.717, 1.165) is 5.56 Å². The van der Waals surface area contributed by atoms with Crippen LogP contribution in [0.15, 0.2) is 18.2 Å². The predicted octanol–water partition coefficient (Wildman–Crippen LogP) is 3.48. The van der Waals surface area contributed by atoms with Crippen LogP contribution >= 0.6 is 23.2 Å². The van der Waals surface area contributed by atoms with Crippen LogP contribution in [0.2, 0.25) is 5.02 Å². The smallest absolute Gasteiger partial charge is 0.138 e. The zero-order chi connectivity index (χ0) is 8.97. The van der Waals surface area contributed by atoms with Gasteiger partial charge in [0.1, 0.15) is 5.75 Å². The first-order valence-corrected chi connectivity index (χ1v) is 4.66. The fraction of sp³-hybridized carbons (Fsp3) is 0.333. The molecule has 0 atom stereocenters. The van der Waals surface area contributed by atoms with Crippen molar-refractivity contribution in [1.82, 2.24) is 0 Å². The summed E-state index contributed by atoms with van der Waals surface area (Å²) in [5, 5.41) is 0.630. The molecule has 0 N–H and O–H groups in total. The fourth-order valence-electron chi connectivity index (χ4n) is 0.897. The third-order valence-electron chi connectivity index (χ3n) is 1.45. The van der Waals surface area contributed by atoms with Crippen LogP contribution < -0.4 is 4.74 Å². The second-order valence-corrected chi connectivity index (χ2v) is 3.01. The van der Waals surface area contributed by atoms with Crippen LogP contribution in [-0.4, -0.2) is 6.61 Å². The lowest BCUT2D eigenvalue weighted by atomic mass is 10.2. The highest BCUT2D eigenvalue weighted by Gasteiger charge is 2.01. The average Bonchev–Trinajstić information content (AvgIpc) is 2.09. The maximum atomic E-state index is 5.86. The Bertz CT molecular complexity index is 261. The monoisotopic (exact) mass is 204 g/mol. The predicted molar refractivity (Wildman–Crippen MR) is 52.2 cm³/mol. The molecule has 1 rings (SSSR count). The van der Waals surface area contributed by atoms with Crippen LogP contribution in [0.4, 0.5) is 0 Å². The number of rotatable bonds is 3. The van der Waals surface area contributed by atoms with Crippen molar-refractivity contribution in [3.63, 3.8) is 0 Å². The minimum atomic E-state index is 0.483. The summed E-state index contributed by atoms with van der Waals surface area (Å²) in [5.41, 5.74) is 1.02. The van der Waals surface area contributed by atoms with E-state index in [0.29, 0.717) is 23.3 Å². The van der Waals surface area contributed by atoms with Gasteiger partial charge in [-0.05, 0) is 24.6 Å². The summed E-state index contributed by atoms with van der Waals surface area (Å²) in [6.07, 6.45) is 0. The zero-order valence-electron chi connectivity index (χ0n) is 6.81. The minimum Gasteiger partial charge on any atom is -0.492 e. The van der Waals surface area contributed by atoms with Gasteiger partial charge in [-0.2, -0.15) is 0 Å². The Morgan fingerprint density at radius 3 is 2.75 bits per heavy atom. The number of ether oxygens (including phenoxy) is 1. The van der Waals surface area contributed by atoms with Crippen LogP contribution in [0, 0.1) is 0 Å². The molecule has 3 heteroatoms. The molecule has 1 aromatic carbocycles. The maximum Gasteiger partial charge on any atom is 0.138 e. The van der Waals surface area contributed by atoms with E-state index in [-0.39, 0.29) is 0 Å². The highest BCUT2D eigenvalue weighted by atomic mass is 35.5. The summed E-state index contributed by atoms with van der Waals surface area (Å²) in [4.78, 5) is 0.